The Balaban J connectivity index is 2.93. The van der Waals surface area contributed by atoms with E-state index in [2.05, 4.69) is 6.92 Å². The van der Waals surface area contributed by atoms with E-state index in [1.54, 1.807) is 0 Å². The summed E-state index contributed by atoms with van der Waals surface area (Å²) in [5.41, 5.74) is 0. The largest absolute Gasteiger partial charge is 0.463 e. The van der Waals surface area contributed by atoms with Crippen molar-refractivity contribution < 1.29 is 23.7 Å². The number of carbonyl (C=O) groups excluding carboxylic acids is 1. The van der Waals surface area contributed by atoms with Crippen LogP contribution in [0.2, 0.25) is 0 Å². The van der Waals surface area contributed by atoms with Crippen LogP contribution in [0.3, 0.4) is 0 Å². The molecule has 0 amide bonds. The fourth-order valence-corrected chi connectivity index (χ4v) is 1.42. The van der Waals surface area contributed by atoms with Gasteiger partial charge >= 0.3 is 5.97 Å². The van der Waals surface area contributed by atoms with Crippen molar-refractivity contribution in [1.29, 1.82) is 0 Å². The molecule has 0 spiro atoms. The Bertz CT molecular complexity index is 196. The first kappa shape index (κ1) is 18.4. The van der Waals surface area contributed by atoms with Gasteiger partial charge in [-0.1, -0.05) is 26.2 Å². The number of ether oxygens (including phenoxy) is 4. The van der Waals surface area contributed by atoms with Gasteiger partial charge < -0.3 is 18.9 Å². The van der Waals surface area contributed by atoms with Crippen molar-refractivity contribution in [2.24, 2.45) is 0 Å². The highest BCUT2D eigenvalue weighted by molar-refractivity contribution is 5.65. The van der Waals surface area contributed by atoms with Gasteiger partial charge in [0.25, 0.3) is 0 Å². The van der Waals surface area contributed by atoms with Gasteiger partial charge in [-0.25, -0.2) is 0 Å². The highest BCUT2D eigenvalue weighted by Crippen LogP contribution is 1.98. The van der Waals surface area contributed by atoms with Crippen LogP contribution in [0.1, 0.15) is 39.5 Å². The van der Waals surface area contributed by atoms with Crippen LogP contribution in [0.4, 0.5) is 0 Å². The van der Waals surface area contributed by atoms with Crippen molar-refractivity contribution in [3.63, 3.8) is 0 Å². The highest BCUT2D eigenvalue weighted by Gasteiger charge is 1.94. The van der Waals surface area contributed by atoms with E-state index in [0.29, 0.717) is 39.6 Å². The number of esters is 1. The minimum Gasteiger partial charge on any atom is -0.463 e. The van der Waals surface area contributed by atoms with E-state index in [1.165, 1.54) is 26.2 Å². The maximum atomic E-state index is 10.4. The molecule has 0 aliphatic rings. The van der Waals surface area contributed by atoms with Gasteiger partial charge in [-0.15, -0.1) is 0 Å². The van der Waals surface area contributed by atoms with Crippen molar-refractivity contribution in [2.45, 2.75) is 39.5 Å². The lowest BCUT2D eigenvalue weighted by atomic mass is 10.2. The number of unbranched alkanes of at least 4 members (excludes halogenated alkanes) is 3. The average Bonchev–Trinajstić information content (AvgIpc) is 2.39. The summed E-state index contributed by atoms with van der Waals surface area (Å²) in [4.78, 5) is 10.4. The molecule has 0 N–H and O–H groups in total. The maximum absolute atomic E-state index is 10.4. The standard InChI is InChI=1S/C14H28O5/c1-3-4-5-6-7-16-8-9-17-10-11-18-12-13-19-14(2)15/h3-13H2,1-2H3. The summed E-state index contributed by atoms with van der Waals surface area (Å²) in [6.07, 6.45) is 4.91. The summed E-state index contributed by atoms with van der Waals surface area (Å²) >= 11 is 0. The van der Waals surface area contributed by atoms with Crippen LogP contribution in [-0.2, 0) is 23.7 Å². The first-order chi connectivity index (χ1) is 9.27. The monoisotopic (exact) mass is 276 g/mol. The Hall–Kier alpha value is -0.650. The number of hydrogen-bond donors (Lipinski definition) is 0. The molecule has 19 heavy (non-hydrogen) atoms. The van der Waals surface area contributed by atoms with Gasteiger partial charge in [-0.05, 0) is 6.42 Å². The molecular weight excluding hydrogens is 248 g/mol. The van der Waals surface area contributed by atoms with Gasteiger partial charge in [-0.2, -0.15) is 0 Å². The molecule has 0 aromatic carbocycles. The van der Waals surface area contributed by atoms with Crippen molar-refractivity contribution in [3.8, 4) is 0 Å². The fourth-order valence-electron chi connectivity index (χ4n) is 1.42. The van der Waals surface area contributed by atoms with Crippen LogP contribution in [0.5, 0.6) is 0 Å². The van der Waals surface area contributed by atoms with Crippen LogP contribution in [-0.4, -0.2) is 52.2 Å². The summed E-state index contributed by atoms with van der Waals surface area (Å²) in [6, 6.07) is 0. The fraction of sp³-hybridized carbons (Fsp3) is 0.929. The molecule has 0 bridgehead atoms. The molecule has 0 aromatic rings. The minimum absolute atomic E-state index is 0.282. The molecule has 0 saturated heterocycles. The molecule has 0 radical (unpaired) electrons. The lowest BCUT2D eigenvalue weighted by Gasteiger charge is -2.07. The topological polar surface area (TPSA) is 54.0 Å². The molecule has 5 nitrogen and oxygen atoms in total. The molecule has 114 valence electrons. The normalized spacial score (nSPS) is 10.6. The Morgan fingerprint density at radius 3 is 1.79 bits per heavy atom. The maximum Gasteiger partial charge on any atom is 0.302 e. The molecule has 0 fully saturated rings. The van der Waals surface area contributed by atoms with Crippen LogP contribution in [0, 0.1) is 0 Å². The average molecular weight is 276 g/mol. The number of hydrogen-bond acceptors (Lipinski definition) is 5. The summed E-state index contributed by atoms with van der Waals surface area (Å²) < 4.78 is 20.7. The van der Waals surface area contributed by atoms with Gasteiger partial charge in [0, 0.05) is 13.5 Å². The van der Waals surface area contributed by atoms with Crippen LogP contribution in [0.15, 0.2) is 0 Å². The summed E-state index contributed by atoms with van der Waals surface area (Å²) in [5.74, 6) is -0.282. The van der Waals surface area contributed by atoms with Gasteiger partial charge in [0.05, 0.1) is 33.0 Å². The predicted octanol–water partition coefficient (Wildman–Crippen LogP) is 2.18. The number of rotatable bonds is 14. The minimum atomic E-state index is -0.282. The zero-order valence-electron chi connectivity index (χ0n) is 12.3. The van der Waals surface area contributed by atoms with Crippen molar-refractivity contribution >= 4 is 5.97 Å². The lowest BCUT2D eigenvalue weighted by Crippen LogP contribution is -2.13. The third kappa shape index (κ3) is 17.4. The van der Waals surface area contributed by atoms with Gasteiger partial charge in [0.15, 0.2) is 0 Å². The van der Waals surface area contributed by atoms with Crippen LogP contribution >= 0.6 is 0 Å². The SMILES string of the molecule is CCCCCCOCCOCCOCCOC(C)=O. The van der Waals surface area contributed by atoms with E-state index >= 15 is 0 Å². The highest BCUT2D eigenvalue weighted by atomic mass is 16.6. The molecule has 0 heterocycles. The first-order valence-corrected chi connectivity index (χ1v) is 7.14. The summed E-state index contributed by atoms with van der Waals surface area (Å²) in [6.45, 7) is 7.40. The molecule has 0 aromatic heterocycles. The van der Waals surface area contributed by atoms with Crippen molar-refractivity contribution in [3.05, 3.63) is 0 Å². The van der Waals surface area contributed by atoms with E-state index in [-0.39, 0.29) is 5.97 Å². The smallest absolute Gasteiger partial charge is 0.302 e. The van der Waals surface area contributed by atoms with Gasteiger partial charge in [0.2, 0.25) is 0 Å². The van der Waals surface area contributed by atoms with E-state index in [0.717, 1.165) is 13.0 Å². The second-order valence-electron chi connectivity index (χ2n) is 4.24. The lowest BCUT2D eigenvalue weighted by molar-refractivity contribution is -0.142. The molecule has 0 aliphatic heterocycles. The molecule has 0 unspecified atom stereocenters. The van der Waals surface area contributed by atoms with E-state index in [4.69, 9.17) is 18.9 Å². The summed E-state index contributed by atoms with van der Waals surface area (Å²) in [7, 11) is 0. The van der Waals surface area contributed by atoms with Gasteiger partial charge in [-0.3, -0.25) is 4.79 Å². The Morgan fingerprint density at radius 1 is 0.737 bits per heavy atom. The first-order valence-electron chi connectivity index (χ1n) is 7.14. The second-order valence-corrected chi connectivity index (χ2v) is 4.24. The quantitative estimate of drug-likeness (QED) is 0.359. The summed E-state index contributed by atoms with van der Waals surface area (Å²) in [5, 5.41) is 0. The van der Waals surface area contributed by atoms with E-state index in [9.17, 15) is 4.79 Å². The molecule has 5 heteroatoms. The number of carbonyl (C=O) groups is 1. The third-order valence-electron chi connectivity index (χ3n) is 2.42. The molecule has 0 atom stereocenters. The van der Waals surface area contributed by atoms with Crippen molar-refractivity contribution in [2.75, 3.05) is 46.2 Å². The molecule has 0 aliphatic carbocycles. The van der Waals surface area contributed by atoms with Crippen LogP contribution < -0.4 is 0 Å². The zero-order chi connectivity index (χ0) is 14.2. The van der Waals surface area contributed by atoms with E-state index in [1.807, 2.05) is 0 Å². The predicted molar refractivity (Wildman–Crippen MR) is 73.2 cm³/mol. The Labute approximate surface area is 116 Å². The second kappa shape index (κ2) is 15.4. The zero-order valence-corrected chi connectivity index (χ0v) is 12.3. The van der Waals surface area contributed by atoms with Crippen LogP contribution in [0.25, 0.3) is 0 Å². The molecule has 0 saturated carbocycles. The Morgan fingerprint density at radius 2 is 1.26 bits per heavy atom. The third-order valence-corrected chi connectivity index (χ3v) is 2.42. The molecule has 0 rings (SSSR count). The van der Waals surface area contributed by atoms with Gasteiger partial charge in [0.1, 0.15) is 6.61 Å². The Kier molecular flexibility index (Phi) is 14.9. The molecular formula is C14H28O5. The van der Waals surface area contributed by atoms with Crippen molar-refractivity contribution in [1.82, 2.24) is 0 Å². The van der Waals surface area contributed by atoms with E-state index < -0.39 is 0 Å².